The summed E-state index contributed by atoms with van der Waals surface area (Å²) in [7, 11) is 0. The maximum atomic E-state index is 11.7. The molecule has 3 nitrogen and oxygen atoms in total. The van der Waals surface area contributed by atoms with Gasteiger partial charge in [-0.25, -0.2) is 4.79 Å². The summed E-state index contributed by atoms with van der Waals surface area (Å²) < 4.78 is 2.35. The molecule has 2 aliphatic carbocycles. The number of carboxylic acid groups (broad SMARTS) is 1. The third kappa shape index (κ3) is 3.03. The Bertz CT molecular complexity index is 993. The average molecular weight is 345 g/mol. The van der Waals surface area contributed by atoms with E-state index in [1.165, 1.54) is 47.7 Å². The van der Waals surface area contributed by atoms with Gasteiger partial charge in [0.1, 0.15) is 0 Å². The Morgan fingerprint density at radius 1 is 1.04 bits per heavy atom. The molecule has 132 valence electrons. The second-order valence-corrected chi connectivity index (χ2v) is 7.98. The molecule has 0 radical (unpaired) electrons. The molecule has 26 heavy (non-hydrogen) atoms. The monoisotopic (exact) mass is 345 g/mol. The van der Waals surface area contributed by atoms with Crippen LogP contribution in [-0.2, 0) is 13.0 Å². The van der Waals surface area contributed by atoms with Crippen LogP contribution in [0.1, 0.15) is 58.6 Å². The second-order valence-electron chi connectivity index (χ2n) is 7.98. The number of aromatic nitrogens is 1. The van der Waals surface area contributed by atoms with Gasteiger partial charge in [-0.05, 0) is 90.3 Å². The van der Waals surface area contributed by atoms with E-state index in [1.807, 2.05) is 12.1 Å². The van der Waals surface area contributed by atoms with Crippen molar-refractivity contribution in [3.8, 4) is 0 Å². The molecule has 0 bridgehead atoms. The summed E-state index contributed by atoms with van der Waals surface area (Å²) in [5.74, 6) is 0.609. The summed E-state index contributed by atoms with van der Waals surface area (Å²) in [5.41, 5.74) is 4.99. The topological polar surface area (TPSA) is 42.2 Å². The quantitative estimate of drug-likeness (QED) is 0.666. The Morgan fingerprint density at radius 3 is 2.62 bits per heavy atom. The molecule has 2 saturated carbocycles. The van der Waals surface area contributed by atoms with Gasteiger partial charge in [0.05, 0.1) is 5.56 Å². The highest BCUT2D eigenvalue weighted by Crippen LogP contribution is 2.40. The van der Waals surface area contributed by atoms with Crippen molar-refractivity contribution in [2.24, 2.45) is 5.92 Å². The minimum Gasteiger partial charge on any atom is -0.478 e. The van der Waals surface area contributed by atoms with Gasteiger partial charge in [0.25, 0.3) is 0 Å². The lowest BCUT2D eigenvalue weighted by Crippen LogP contribution is -2.04. The first-order chi connectivity index (χ1) is 12.7. The molecule has 0 amide bonds. The Morgan fingerprint density at radius 2 is 1.88 bits per heavy atom. The fourth-order valence-corrected chi connectivity index (χ4v) is 3.94. The van der Waals surface area contributed by atoms with Crippen molar-refractivity contribution in [1.82, 2.24) is 4.57 Å². The Labute approximate surface area is 153 Å². The normalized spacial score (nSPS) is 16.9. The molecule has 5 rings (SSSR count). The first-order valence-electron chi connectivity index (χ1n) is 9.61. The number of fused-ring (bicyclic) bond motifs is 1. The van der Waals surface area contributed by atoms with Gasteiger partial charge in [0, 0.05) is 18.3 Å². The van der Waals surface area contributed by atoms with Crippen LogP contribution < -0.4 is 0 Å². The molecule has 1 heterocycles. The SMILES string of the molecule is O=C(O)c1cc(C2CC2)ccc1Cc1ccc2c(ccn2CC2CC2)c1. The fraction of sp³-hybridized carbons (Fsp3) is 0.348. The number of aromatic carboxylic acids is 1. The van der Waals surface area contributed by atoms with Gasteiger partial charge in [-0.1, -0.05) is 18.2 Å². The lowest BCUT2D eigenvalue weighted by molar-refractivity contribution is 0.0695. The van der Waals surface area contributed by atoms with Crippen molar-refractivity contribution in [2.45, 2.75) is 44.6 Å². The van der Waals surface area contributed by atoms with Crippen LogP contribution in [0.3, 0.4) is 0 Å². The molecule has 1 N–H and O–H groups in total. The van der Waals surface area contributed by atoms with E-state index in [9.17, 15) is 9.90 Å². The number of carboxylic acids is 1. The first kappa shape index (κ1) is 15.7. The number of benzene rings is 2. The number of nitrogens with zero attached hydrogens (tertiary/aromatic N) is 1. The summed E-state index contributed by atoms with van der Waals surface area (Å²) >= 11 is 0. The van der Waals surface area contributed by atoms with E-state index in [0.717, 1.165) is 18.0 Å². The molecule has 0 saturated heterocycles. The molecule has 1 aromatic heterocycles. The van der Waals surface area contributed by atoms with E-state index in [0.29, 0.717) is 17.9 Å². The van der Waals surface area contributed by atoms with Crippen LogP contribution in [0.2, 0.25) is 0 Å². The van der Waals surface area contributed by atoms with Crippen LogP contribution in [0.15, 0.2) is 48.7 Å². The highest BCUT2D eigenvalue weighted by atomic mass is 16.4. The van der Waals surface area contributed by atoms with Crippen molar-refractivity contribution in [3.05, 3.63) is 70.9 Å². The first-order valence-corrected chi connectivity index (χ1v) is 9.61. The fourth-order valence-electron chi connectivity index (χ4n) is 3.94. The molecule has 2 aliphatic rings. The van der Waals surface area contributed by atoms with E-state index in [1.54, 1.807) is 0 Å². The number of hydrogen-bond acceptors (Lipinski definition) is 1. The molecule has 3 aromatic rings. The van der Waals surface area contributed by atoms with Crippen molar-refractivity contribution < 1.29 is 9.90 Å². The summed E-state index contributed by atoms with van der Waals surface area (Å²) in [6.45, 7) is 1.12. The molecule has 0 atom stereocenters. The Kier molecular flexibility index (Phi) is 3.63. The van der Waals surface area contributed by atoms with Gasteiger partial charge < -0.3 is 9.67 Å². The van der Waals surface area contributed by atoms with E-state index in [4.69, 9.17) is 0 Å². The third-order valence-corrected chi connectivity index (χ3v) is 5.79. The Hall–Kier alpha value is -2.55. The highest BCUT2D eigenvalue weighted by molar-refractivity contribution is 5.90. The molecular weight excluding hydrogens is 322 g/mol. The summed E-state index contributed by atoms with van der Waals surface area (Å²) in [6, 6.07) is 14.7. The van der Waals surface area contributed by atoms with Crippen molar-refractivity contribution in [1.29, 1.82) is 0 Å². The summed E-state index contributed by atoms with van der Waals surface area (Å²) in [5, 5.41) is 10.9. The van der Waals surface area contributed by atoms with Crippen LogP contribution in [-0.4, -0.2) is 15.6 Å². The summed E-state index contributed by atoms with van der Waals surface area (Å²) in [6.07, 6.45) is 7.93. The summed E-state index contributed by atoms with van der Waals surface area (Å²) in [4.78, 5) is 11.7. The van der Waals surface area contributed by atoms with E-state index in [-0.39, 0.29) is 0 Å². The standard InChI is InChI=1S/C23H23NO2/c25-23(26)21-13-18(17-4-5-17)6-7-19(21)11-16-3-8-22-20(12-16)9-10-24(22)14-15-1-2-15/h3,6-10,12-13,15,17H,1-2,4-5,11,14H2,(H,25,26). The molecule has 0 spiro atoms. The lowest BCUT2D eigenvalue weighted by atomic mass is 9.96. The minimum atomic E-state index is -0.820. The van der Waals surface area contributed by atoms with Gasteiger partial charge in [-0.15, -0.1) is 0 Å². The van der Waals surface area contributed by atoms with Gasteiger partial charge in [0.15, 0.2) is 0 Å². The van der Waals surface area contributed by atoms with E-state index in [2.05, 4.69) is 41.1 Å². The van der Waals surface area contributed by atoms with E-state index >= 15 is 0 Å². The van der Waals surface area contributed by atoms with Crippen molar-refractivity contribution in [2.75, 3.05) is 0 Å². The molecular formula is C23H23NO2. The number of carbonyl (C=O) groups is 1. The predicted molar refractivity (Wildman–Crippen MR) is 103 cm³/mol. The van der Waals surface area contributed by atoms with Gasteiger partial charge >= 0.3 is 5.97 Å². The third-order valence-electron chi connectivity index (χ3n) is 5.79. The minimum absolute atomic E-state index is 0.459. The highest BCUT2D eigenvalue weighted by Gasteiger charge is 2.25. The van der Waals surface area contributed by atoms with Gasteiger partial charge in [-0.3, -0.25) is 0 Å². The molecule has 0 unspecified atom stereocenters. The average Bonchev–Trinajstić information content (AvgIpc) is 3.54. The van der Waals surface area contributed by atoms with E-state index < -0.39 is 5.97 Å². The van der Waals surface area contributed by atoms with Crippen LogP contribution in [0, 0.1) is 5.92 Å². The zero-order valence-electron chi connectivity index (χ0n) is 14.8. The number of hydrogen-bond donors (Lipinski definition) is 1. The molecule has 3 heteroatoms. The zero-order chi connectivity index (χ0) is 17.7. The zero-order valence-corrected chi connectivity index (χ0v) is 14.8. The molecule has 0 aliphatic heterocycles. The maximum absolute atomic E-state index is 11.7. The largest absolute Gasteiger partial charge is 0.478 e. The Balaban J connectivity index is 1.44. The predicted octanol–water partition coefficient (Wildman–Crippen LogP) is 5.22. The maximum Gasteiger partial charge on any atom is 0.335 e. The van der Waals surface area contributed by atoms with Crippen molar-refractivity contribution in [3.63, 3.8) is 0 Å². The van der Waals surface area contributed by atoms with Gasteiger partial charge in [0.2, 0.25) is 0 Å². The molecule has 2 fully saturated rings. The molecule has 2 aromatic carbocycles. The smallest absolute Gasteiger partial charge is 0.335 e. The lowest BCUT2D eigenvalue weighted by Gasteiger charge is -2.10. The second kappa shape index (κ2) is 6.01. The van der Waals surface area contributed by atoms with Crippen LogP contribution in [0.25, 0.3) is 10.9 Å². The van der Waals surface area contributed by atoms with Crippen molar-refractivity contribution >= 4 is 16.9 Å². The number of rotatable bonds is 6. The van der Waals surface area contributed by atoms with Crippen LogP contribution >= 0.6 is 0 Å². The van der Waals surface area contributed by atoms with Crippen LogP contribution in [0.5, 0.6) is 0 Å². The van der Waals surface area contributed by atoms with Crippen LogP contribution in [0.4, 0.5) is 0 Å². The van der Waals surface area contributed by atoms with Gasteiger partial charge in [-0.2, -0.15) is 0 Å².